The number of nitrogens with one attached hydrogen (secondary N) is 8. The van der Waals surface area contributed by atoms with Gasteiger partial charge < -0.3 is 56.7 Å². The number of amides is 8. The number of unbranched alkanes of at least 4 members (excludes halogenated alkanes) is 1. The molecule has 8 N–H and O–H groups in total. The van der Waals surface area contributed by atoms with E-state index < -0.39 is 137 Å². The molecule has 1 aromatic rings. The molecule has 0 unspecified atom stereocenters. The fourth-order valence-corrected chi connectivity index (χ4v) is 5.83. The second-order valence-electron chi connectivity index (χ2n) is 16.7. The van der Waals surface area contributed by atoms with Gasteiger partial charge in [-0.15, -0.1) is 0 Å². The number of alkyl carbamates (subject to hydrolysis) is 2. The Morgan fingerprint density at radius 1 is 0.563 bits per heavy atom. The highest BCUT2D eigenvalue weighted by Crippen LogP contribution is 2.26. The standard InChI is InChI=1S/C41H56Cl4F6N8O12/c1-20(54-33(64)27(16-40(46,47)48)59-31(62)22(3)56-37(68)71-38(5,6)7)29(60)57-26(14-10-11-15-52-36(67)69-18-24-12-8-9-13-25(24)42)32(63)53-21(2)30(61)58-28(17-41(49,50)51)34(65)55-23(4)35(66)70-19-39(43,44)45/h8-9,12-13,20-23,26-28H,10-11,14-19H2,1-7H3,(H,52,67)(H,53,63)(H,54,64)(H,55,65)(H,56,68)(H,57,60)(H,58,61)(H,59,62)/t20-,21-,22-,23-,26-,27-,28-/m0/s1. The van der Waals surface area contributed by atoms with Crippen LogP contribution < -0.4 is 42.5 Å². The number of carbonyl (C=O) groups is 9. The van der Waals surface area contributed by atoms with Crippen molar-refractivity contribution in [3.8, 4) is 0 Å². The van der Waals surface area contributed by atoms with Gasteiger partial charge in [0.1, 0.15) is 61.1 Å². The maximum atomic E-state index is 13.6. The Morgan fingerprint density at radius 2 is 1.00 bits per heavy atom. The van der Waals surface area contributed by atoms with Gasteiger partial charge in [0.15, 0.2) is 0 Å². The first-order chi connectivity index (χ1) is 32.5. The highest BCUT2D eigenvalue weighted by molar-refractivity contribution is 6.67. The molecule has 1 rings (SSSR count). The van der Waals surface area contributed by atoms with E-state index in [-0.39, 0.29) is 32.4 Å². The van der Waals surface area contributed by atoms with Crippen molar-refractivity contribution in [1.29, 1.82) is 0 Å². The minimum atomic E-state index is -5.07. The van der Waals surface area contributed by atoms with Crippen molar-refractivity contribution in [2.24, 2.45) is 0 Å². The Morgan fingerprint density at radius 3 is 1.45 bits per heavy atom. The van der Waals surface area contributed by atoms with E-state index in [2.05, 4.69) is 21.3 Å². The molecular weight excluding hydrogens is 1050 g/mol. The number of hydrogen-bond donors (Lipinski definition) is 8. The molecule has 0 radical (unpaired) electrons. The quantitative estimate of drug-likeness (QED) is 0.0235. The second-order valence-corrected chi connectivity index (χ2v) is 19.6. The Kier molecular flexibility index (Phi) is 25.8. The number of halogens is 10. The van der Waals surface area contributed by atoms with Crippen LogP contribution in [0.2, 0.25) is 5.02 Å². The summed E-state index contributed by atoms with van der Waals surface area (Å²) in [7, 11) is 0. The third-order valence-corrected chi connectivity index (χ3v) is 9.69. The van der Waals surface area contributed by atoms with Gasteiger partial charge in [-0.05, 0) is 73.8 Å². The number of ether oxygens (including phenoxy) is 3. The van der Waals surface area contributed by atoms with Gasteiger partial charge in [0, 0.05) is 17.1 Å². The van der Waals surface area contributed by atoms with Crippen LogP contribution >= 0.6 is 46.4 Å². The molecule has 0 aliphatic carbocycles. The predicted molar refractivity (Wildman–Crippen MR) is 244 cm³/mol. The van der Waals surface area contributed by atoms with Crippen molar-refractivity contribution in [2.45, 2.75) is 151 Å². The number of alkyl halides is 9. The summed E-state index contributed by atoms with van der Waals surface area (Å²) in [6.45, 7) is 7.61. The van der Waals surface area contributed by atoms with Crippen molar-refractivity contribution in [3.63, 3.8) is 0 Å². The summed E-state index contributed by atoms with van der Waals surface area (Å²) < 4.78 is 94.2. The van der Waals surface area contributed by atoms with Crippen LogP contribution in [-0.4, -0.2) is 131 Å². The smallest absolute Gasteiger partial charge is 0.408 e. The summed E-state index contributed by atoms with van der Waals surface area (Å²) in [5.41, 5.74) is -0.496. The van der Waals surface area contributed by atoms with Gasteiger partial charge in [-0.25, -0.2) is 14.4 Å². The van der Waals surface area contributed by atoms with E-state index in [9.17, 15) is 69.5 Å². The summed E-state index contributed by atoms with van der Waals surface area (Å²) >= 11 is 22.6. The number of benzene rings is 1. The van der Waals surface area contributed by atoms with E-state index in [0.29, 0.717) is 10.6 Å². The molecule has 0 aliphatic heterocycles. The zero-order valence-electron chi connectivity index (χ0n) is 39.2. The highest BCUT2D eigenvalue weighted by Gasteiger charge is 2.40. The van der Waals surface area contributed by atoms with Crippen molar-refractivity contribution in [3.05, 3.63) is 34.9 Å². The number of rotatable bonds is 24. The van der Waals surface area contributed by atoms with Crippen LogP contribution in [0.3, 0.4) is 0 Å². The van der Waals surface area contributed by atoms with Crippen molar-refractivity contribution < 1.29 is 83.7 Å². The fourth-order valence-electron chi connectivity index (χ4n) is 5.47. The first-order valence-corrected chi connectivity index (χ1v) is 22.8. The van der Waals surface area contributed by atoms with Gasteiger partial charge >= 0.3 is 30.5 Å². The summed E-state index contributed by atoms with van der Waals surface area (Å²) in [6, 6.07) is -6.45. The van der Waals surface area contributed by atoms with Gasteiger partial charge in [-0.2, -0.15) is 26.3 Å². The van der Waals surface area contributed by atoms with Gasteiger partial charge in [-0.3, -0.25) is 28.8 Å². The van der Waals surface area contributed by atoms with E-state index in [4.69, 9.17) is 60.6 Å². The number of esters is 1. The van der Waals surface area contributed by atoms with Gasteiger partial charge in [0.2, 0.25) is 39.2 Å². The number of hydrogen-bond acceptors (Lipinski definition) is 12. The van der Waals surface area contributed by atoms with Gasteiger partial charge in [-0.1, -0.05) is 64.6 Å². The molecule has 0 fully saturated rings. The van der Waals surface area contributed by atoms with E-state index in [1.165, 1.54) is 20.8 Å². The molecule has 7 atom stereocenters. The van der Waals surface area contributed by atoms with Gasteiger partial charge in [0.25, 0.3) is 0 Å². The Balaban J connectivity index is 3.23. The van der Waals surface area contributed by atoms with Crippen LogP contribution in [0.25, 0.3) is 0 Å². The van der Waals surface area contributed by atoms with Crippen LogP contribution in [0, 0.1) is 0 Å². The van der Waals surface area contributed by atoms with Crippen LogP contribution in [-0.2, 0) is 54.4 Å². The molecule has 0 saturated heterocycles. The molecule has 402 valence electrons. The van der Waals surface area contributed by atoms with Gasteiger partial charge in [0.05, 0.1) is 12.8 Å². The monoisotopic (exact) mass is 1110 g/mol. The molecule has 1 aromatic carbocycles. The molecule has 0 aromatic heterocycles. The van der Waals surface area contributed by atoms with E-state index in [0.717, 1.165) is 27.7 Å². The maximum absolute atomic E-state index is 13.6. The van der Waals surface area contributed by atoms with Crippen molar-refractivity contribution in [1.82, 2.24) is 42.5 Å². The third-order valence-electron chi connectivity index (χ3n) is 9.00. The van der Waals surface area contributed by atoms with Crippen LogP contribution in [0.4, 0.5) is 35.9 Å². The molecule has 0 spiro atoms. The van der Waals surface area contributed by atoms with Crippen LogP contribution in [0.15, 0.2) is 24.3 Å². The lowest BCUT2D eigenvalue weighted by atomic mass is 10.1. The zero-order chi connectivity index (χ0) is 54.7. The lowest BCUT2D eigenvalue weighted by Crippen LogP contribution is -2.59. The van der Waals surface area contributed by atoms with E-state index in [1.807, 2.05) is 21.3 Å². The second kappa shape index (κ2) is 28.7. The minimum Gasteiger partial charge on any atom is -0.460 e. The van der Waals surface area contributed by atoms with Crippen molar-refractivity contribution in [2.75, 3.05) is 13.2 Å². The molecular formula is C41H56Cl4F6N8O12. The molecule has 0 bridgehead atoms. The molecule has 8 amide bonds. The maximum Gasteiger partial charge on any atom is 0.408 e. The summed E-state index contributed by atoms with van der Waals surface area (Å²) in [4.78, 5) is 116. The minimum absolute atomic E-state index is 0.00971. The van der Waals surface area contributed by atoms with E-state index in [1.54, 1.807) is 24.3 Å². The SMILES string of the molecule is C[C@H](NC(=O)OC(C)(C)C)C(=O)N[C@@H](CC(F)(F)F)C(=O)N[C@@H](C)C(=O)N[C@@H](CCCCNC(=O)OCc1ccccc1Cl)C(=O)N[C@@H](C)C(=O)N[C@@H](CC(F)(F)F)C(=O)N[C@@H](C)C(=O)OCC(Cl)(Cl)Cl. The largest absolute Gasteiger partial charge is 0.460 e. The van der Waals surface area contributed by atoms with Crippen LogP contribution in [0.1, 0.15) is 86.1 Å². The first-order valence-electron chi connectivity index (χ1n) is 21.3. The topological polar surface area (TPSA) is 278 Å². The predicted octanol–water partition coefficient (Wildman–Crippen LogP) is 4.44. The molecule has 30 heteroatoms. The number of carbonyl (C=O) groups excluding carboxylic acids is 9. The third kappa shape index (κ3) is 27.8. The summed E-state index contributed by atoms with van der Waals surface area (Å²) in [5, 5.41) is 17.0. The molecule has 0 saturated carbocycles. The van der Waals surface area contributed by atoms with Crippen molar-refractivity contribution >= 4 is 100 Å². The Bertz CT molecular complexity index is 2030. The Labute approximate surface area is 424 Å². The first kappa shape index (κ1) is 63.8. The molecule has 0 aliphatic rings. The summed E-state index contributed by atoms with van der Waals surface area (Å²) in [5.74, 6) is -9.23. The zero-order valence-corrected chi connectivity index (χ0v) is 42.2. The fraction of sp³-hybridized carbons (Fsp3) is 0.634. The lowest BCUT2D eigenvalue weighted by Gasteiger charge is -2.26. The average Bonchev–Trinajstić information content (AvgIpc) is 3.21. The molecule has 0 heterocycles. The Hall–Kier alpha value is -5.21. The van der Waals surface area contributed by atoms with Crippen LogP contribution in [0.5, 0.6) is 0 Å². The lowest BCUT2D eigenvalue weighted by molar-refractivity contribution is -0.154. The average molecular weight is 1110 g/mol. The summed E-state index contributed by atoms with van der Waals surface area (Å²) in [6.07, 6.45) is -16.1. The molecule has 20 nitrogen and oxygen atoms in total. The highest BCUT2D eigenvalue weighted by atomic mass is 35.6. The molecule has 71 heavy (non-hydrogen) atoms. The van der Waals surface area contributed by atoms with E-state index >= 15 is 0 Å². The normalized spacial score (nSPS) is 14.8.